The van der Waals surface area contributed by atoms with E-state index in [1.807, 2.05) is 0 Å². The Hall–Kier alpha value is -0.890. The molecule has 0 saturated heterocycles. The van der Waals surface area contributed by atoms with Crippen LogP contribution in [0.1, 0.15) is 5.56 Å². The van der Waals surface area contributed by atoms with Crippen molar-refractivity contribution >= 4 is 0 Å². The molecule has 0 saturated carbocycles. The van der Waals surface area contributed by atoms with E-state index in [2.05, 4.69) is 0 Å². The highest BCUT2D eigenvalue weighted by Crippen LogP contribution is 2.02. The molecule has 10 heavy (non-hydrogen) atoms. The second kappa shape index (κ2) is 3.32. The lowest BCUT2D eigenvalue weighted by atomic mass is 10.1. The van der Waals surface area contributed by atoms with Gasteiger partial charge < -0.3 is 0 Å². The molecule has 1 radical (unpaired) electrons. The van der Waals surface area contributed by atoms with Crippen molar-refractivity contribution in [3.63, 3.8) is 0 Å². The van der Waals surface area contributed by atoms with Crippen molar-refractivity contribution in [1.82, 2.24) is 5.73 Å². The van der Waals surface area contributed by atoms with Crippen LogP contribution in [0.25, 0.3) is 0 Å². The lowest BCUT2D eigenvalue weighted by molar-refractivity contribution is 0.627. The summed E-state index contributed by atoms with van der Waals surface area (Å²) < 4.78 is 12.3. The highest BCUT2D eigenvalue weighted by Gasteiger charge is 1.90. The van der Waals surface area contributed by atoms with Crippen LogP contribution in [0.4, 0.5) is 4.39 Å². The van der Waals surface area contributed by atoms with Gasteiger partial charge >= 0.3 is 0 Å². The number of benzene rings is 1. The SMILES string of the molecule is [NH]CCc1ccc(F)cc1. The third kappa shape index (κ3) is 1.81. The molecule has 0 aromatic heterocycles. The summed E-state index contributed by atoms with van der Waals surface area (Å²) in [6.45, 7) is 0.367. The number of hydrogen-bond donors (Lipinski definition) is 0. The molecule has 0 atom stereocenters. The summed E-state index contributed by atoms with van der Waals surface area (Å²) >= 11 is 0. The largest absolute Gasteiger partial charge is 0.258 e. The molecule has 0 aliphatic carbocycles. The van der Waals surface area contributed by atoms with E-state index >= 15 is 0 Å². The molecular weight excluding hydrogens is 129 g/mol. The maximum absolute atomic E-state index is 12.3. The zero-order valence-electron chi connectivity index (χ0n) is 5.60. The first-order valence-electron chi connectivity index (χ1n) is 3.22. The third-order valence-electron chi connectivity index (χ3n) is 1.33. The molecule has 0 amide bonds. The van der Waals surface area contributed by atoms with Gasteiger partial charge in [-0.25, -0.2) is 4.39 Å². The minimum absolute atomic E-state index is 0.214. The van der Waals surface area contributed by atoms with Gasteiger partial charge in [0.1, 0.15) is 5.82 Å². The van der Waals surface area contributed by atoms with Crippen LogP contribution in [-0.4, -0.2) is 6.54 Å². The Morgan fingerprint density at radius 2 is 1.80 bits per heavy atom. The smallest absolute Gasteiger partial charge is 0.123 e. The fourth-order valence-corrected chi connectivity index (χ4v) is 0.795. The van der Waals surface area contributed by atoms with Crippen LogP contribution in [0.2, 0.25) is 0 Å². The van der Waals surface area contributed by atoms with E-state index in [0.717, 1.165) is 5.56 Å². The molecule has 1 aromatic rings. The molecule has 2 heteroatoms. The Labute approximate surface area is 59.7 Å². The van der Waals surface area contributed by atoms with Crippen molar-refractivity contribution < 1.29 is 4.39 Å². The Morgan fingerprint density at radius 1 is 1.20 bits per heavy atom. The molecule has 0 unspecified atom stereocenters. The van der Waals surface area contributed by atoms with Crippen LogP contribution in [0.5, 0.6) is 0 Å². The summed E-state index contributed by atoms with van der Waals surface area (Å²) in [6, 6.07) is 6.27. The monoisotopic (exact) mass is 138 g/mol. The second-order valence-corrected chi connectivity index (χ2v) is 2.13. The lowest BCUT2D eigenvalue weighted by Gasteiger charge is -1.95. The molecule has 0 aliphatic rings. The number of halogens is 1. The van der Waals surface area contributed by atoms with E-state index in [4.69, 9.17) is 5.73 Å². The van der Waals surface area contributed by atoms with E-state index < -0.39 is 0 Å². The summed E-state index contributed by atoms with van der Waals surface area (Å²) in [5, 5.41) is 0. The zero-order chi connectivity index (χ0) is 7.40. The van der Waals surface area contributed by atoms with Gasteiger partial charge in [0.2, 0.25) is 0 Å². The summed E-state index contributed by atoms with van der Waals surface area (Å²) in [5.74, 6) is -0.214. The molecule has 0 fully saturated rings. The molecule has 0 aliphatic heterocycles. The van der Waals surface area contributed by atoms with Gasteiger partial charge in [0.05, 0.1) is 0 Å². The number of rotatable bonds is 2. The van der Waals surface area contributed by atoms with Crippen molar-refractivity contribution in [3.05, 3.63) is 35.6 Å². The number of nitrogens with one attached hydrogen (secondary N) is 1. The molecule has 1 rings (SSSR count). The van der Waals surface area contributed by atoms with E-state index in [1.165, 1.54) is 12.1 Å². The predicted octanol–water partition coefficient (Wildman–Crippen LogP) is 1.65. The molecule has 53 valence electrons. The van der Waals surface area contributed by atoms with Gasteiger partial charge in [-0.15, -0.1) is 0 Å². The Balaban J connectivity index is 2.69. The summed E-state index contributed by atoms with van der Waals surface area (Å²) in [4.78, 5) is 0. The maximum Gasteiger partial charge on any atom is 0.123 e. The fourth-order valence-electron chi connectivity index (χ4n) is 0.795. The maximum atomic E-state index is 12.3. The summed E-state index contributed by atoms with van der Waals surface area (Å²) in [7, 11) is 0. The van der Waals surface area contributed by atoms with Crippen molar-refractivity contribution in [3.8, 4) is 0 Å². The van der Waals surface area contributed by atoms with Crippen LogP contribution in [0.15, 0.2) is 24.3 Å². The molecule has 0 spiro atoms. The first-order chi connectivity index (χ1) is 4.83. The topological polar surface area (TPSA) is 23.8 Å². The standard InChI is InChI=1S/C8H9FN/c9-8-3-1-7(2-4-8)5-6-10/h1-4,10H,5-6H2. The van der Waals surface area contributed by atoms with Gasteiger partial charge in [-0.1, -0.05) is 12.1 Å². The average molecular weight is 138 g/mol. The lowest BCUT2D eigenvalue weighted by Crippen LogP contribution is -1.91. The van der Waals surface area contributed by atoms with E-state index in [-0.39, 0.29) is 5.82 Å². The van der Waals surface area contributed by atoms with Crippen LogP contribution < -0.4 is 5.73 Å². The van der Waals surface area contributed by atoms with Gasteiger partial charge in [-0.3, -0.25) is 5.73 Å². The highest BCUT2D eigenvalue weighted by atomic mass is 19.1. The van der Waals surface area contributed by atoms with Crippen LogP contribution in [0, 0.1) is 5.82 Å². The molecule has 1 N–H and O–H groups in total. The van der Waals surface area contributed by atoms with Gasteiger partial charge in [0.25, 0.3) is 0 Å². The Kier molecular flexibility index (Phi) is 2.40. The molecule has 0 bridgehead atoms. The molecular formula is C8H9FN. The van der Waals surface area contributed by atoms with E-state index in [9.17, 15) is 4.39 Å². The summed E-state index contributed by atoms with van der Waals surface area (Å²) in [5.41, 5.74) is 7.92. The minimum Gasteiger partial charge on any atom is -0.258 e. The van der Waals surface area contributed by atoms with Gasteiger partial charge in [0.15, 0.2) is 0 Å². The first kappa shape index (κ1) is 7.22. The van der Waals surface area contributed by atoms with Gasteiger partial charge in [-0.05, 0) is 24.1 Å². The van der Waals surface area contributed by atoms with Gasteiger partial charge in [-0.2, -0.15) is 0 Å². The van der Waals surface area contributed by atoms with E-state index in [1.54, 1.807) is 12.1 Å². The van der Waals surface area contributed by atoms with Crippen molar-refractivity contribution in [2.75, 3.05) is 6.54 Å². The second-order valence-electron chi connectivity index (χ2n) is 2.13. The molecule has 0 heterocycles. The van der Waals surface area contributed by atoms with Crippen LogP contribution in [-0.2, 0) is 6.42 Å². The average Bonchev–Trinajstić information content (AvgIpc) is 1.95. The first-order valence-corrected chi connectivity index (χ1v) is 3.22. The van der Waals surface area contributed by atoms with Crippen molar-refractivity contribution in [2.24, 2.45) is 0 Å². The highest BCUT2D eigenvalue weighted by molar-refractivity contribution is 5.16. The predicted molar refractivity (Wildman–Crippen MR) is 38.1 cm³/mol. The van der Waals surface area contributed by atoms with Gasteiger partial charge in [0, 0.05) is 6.54 Å². The van der Waals surface area contributed by atoms with Crippen LogP contribution in [0.3, 0.4) is 0 Å². The van der Waals surface area contributed by atoms with Crippen molar-refractivity contribution in [2.45, 2.75) is 6.42 Å². The zero-order valence-corrected chi connectivity index (χ0v) is 5.60. The Morgan fingerprint density at radius 3 is 2.30 bits per heavy atom. The fraction of sp³-hybridized carbons (Fsp3) is 0.250. The normalized spacial score (nSPS) is 9.80. The quantitative estimate of drug-likeness (QED) is 0.593. The molecule has 1 nitrogen and oxygen atoms in total. The summed E-state index contributed by atoms with van der Waals surface area (Å²) in [6.07, 6.45) is 0.709. The molecule has 1 aromatic carbocycles. The minimum atomic E-state index is -0.214. The van der Waals surface area contributed by atoms with Crippen LogP contribution >= 0.6 is 0 Å². The Bertz CT molecular complexity index is 193. The van der Waals surface area contributed by atoms with E-state index in [0.29, 0.717) is 13.0 Å². The van der Waals surface area contributed by atoms with Crippen molar-refractivity contribution in [1.29, 1.82) is 0 Å². The third-order valence-corrected chi connectivity index (χ3v) is 1.33. The number of hydrogen-bond acceptors (Lipinski definition) is 0.